The van der Waals surface area contributed by atoms with Crippen molar-refractivity contribution in [2.24, 2.45) is 11.8 Å². The van der Waals surface area contributed by atoms with Crippen molar-refractivity contribution >= 4 is 16.2 Å². The molecule has 0 radical (unpaired) electrons. The third-order valence-corrected chi connectivity index (χ3v) is 5.66. The lowest BCUT2D eigenvalue weighted by Gasteiger charge is -2.36. The molecule has 2 rings (SSSR count). The zero-order chi connectivity index (χ0) is 18.7. The highest BCUT2D eigenvalue weighted by Gasteiger charge is 2.30. The van der Waals surface area contributed by atoms with Crippen molar-refractivity contribution in [1.29, 1.82) is 0 Å². The number of amides is 1. The molecule has 6 nitrogen and oxygen atoms in total. The third kappa shape index (κ3) is 7.52. The summed E-state index contributed by atoms with van der Waals surface area (Å²) in [6.07, 6.45) is 7.73. The number of hydrogen-bond acceptors (Lipinski definition) is 5. The predicted octanol–water partition coefficient (Wildman–Crippen LogP) is 3.56. The molecule has 0 N–H and O–H groups in total. The van der Waals surface area contributed by atoms with E-state index in [1.807, 2.05) is 25.7 Å². The molecule has 1 amide bonds. The van der Waals surface area contributed by atoms with E-state index in [1.54, 1.807) is 0 Å². The van der Waals surface area contributed by atoms with Crippen LogP contribution >= 0.6 is 0 Å². The van der Waals surface area contributed by atoms with Crippen molar-refractivity contribution in [3.63, 3.8) is 0 Å². The molecule has 25 heavy (non-hydrogen) atoms. The molecule has 7 heteroatoms. The van der Waals surface area contributed by atoms with Crippen LogP contribution in [0.25, 0.3) is 0 Å². The summed E-state index contributed by atoms with van der Waals surface area (Å²) >= 11 is 0. The molecule has 2 aliphatic rings. The van der Waals surface area contributed by atoms with Crippen LogP contribution < -0.4 is 0 Å². The molecule has 1 aliphatic heterocycles. The average molecular weight is 376 g/mol. The number of piperidine rings is 1. The molecular formula is C18H33NO5S. The first-order valence-corrected chi connectivity index (χ1v) is 11.2. The van der Waals surface area contributed by atoms with E-state index in [2.05, 4.69) is 0 Å². The lowest BCUT2D eigenvalue weighted by Crippen LogP contribution is -2.42. The van der Waals surface area contributed by atoms with Gasteiger partial charge < -0.3 is 9.64 Å². The van der Waals surface area contributed by atoms with Gasteiger partial charge in [-0.2, -0.15) is 8.42 Å². The zero-order valence-electron chi connectivity index (χ0n) is 16.0. The fourth-order valence-electron chi connectivity index (χ4n) is 3.86. The number of carbonyl (C=O) groups is 1. The maximum Gasteiger partial charge on any atom is 0.410 e. The lowest BCUT2D eigenvalue weighted by molar-refractivity contribution is 0.0169. The van der Waals surface area contributed by atoms with Crippen LogP contribution in [-0.2, 0) is 19.0 Å². The van der Waals surface area contributed by atoms with E-state index in [0.717, 1.165) is 57.9 Å². The Morgan fingerprint density at radius 3 is 2.00 bits per heavy atom. The fraction of sp³-hybridized carbons (Fsp3) is 0.944. The predicted molar refractivity (Wildman–Crippen MR) is 96.8 cm³/mol. The van der Waals surface area contributed by atoms with E-state index in [9.17, 15) is 13.2 Å². The minimum atomic E-state index is -3.35. The van der Waals surface area contributed by atoms with Crippen molar-refractivity contribution in [3.8, 4) is 0 Å². The molecule has 0 unspecified atom stereocenters. The lowest BCUT2D eigenvalue weighted by atomic mass is 9.79. The van der Waals surface area contributed by atoms with E-state index in [0.29, 0.717) is 11.8 Å². The summed E-state index contributed by atoms with van der Waals surface area (Å²) in [6.45, 7) is 7.21. The monoisotopic (exact) mass is 375 g/mol. The Balaban J connectivity index is 1.68. The molecule has 1 saturated carbocycles. The van der Waals surface area contributed by atoms with Crippen molar-refractivity contribution < 1.29 is 22.1 Å². The van der Waals surface area contributed by atoms with E-state index < -0.39 is 15.7 Å². The van der Waals surface area contributed by atoms with Crippen molar-refractivity contribution in [1.82, 2.24) is 4.90 Å². The SMILES string of the molecule is CC(C)(C)OC(=O)N1CCC(CC2CCC(OS(C)(=O)=O)CC2)CC1. The number of likely N-dealkylation sites (tertiary alicyclic amines) is 1. The first-order chi connectivity index (χ1) is 11.5. The standard InChI is InChI=1S/C18H33NO5S/c1-18(2,3)23-17(20)19-11-9-15(10-12-19)13-14-5-7-16(8-6-14)24-25(4,21)22/h14-16H,5-13H2,1-4H3. The highest BCUT2D eigenvalue weighted by atomic mass is 32.2. The number of ether oxygens (including phenoxy) is 1. The number of carbonyl (C=O) groups excluding carboxylic acids is 1. The van der Waals surface area contributed by atoms with Crippen LogP contribution in [0.4, 0.5) is 4.79 Å². The van der Waals surface area contributed by atoms with Gasteiger partial charge in [0.05, 0.1) is 12.4 Å². The maximum absolute atomic E-state index is 12.1. The second kappa shape index (κ2) is 8.25. The number of nitrogens with zero attached hydrogens (tertiary/aromatic N) is 1. The van der Waals surface area contributed by atoms with E-state index in [-0.39, 0.29) is 12.2 Å². The second-order valence-corrected chi connectivity index (χ2v) is 10.2. The van der Waals surface area contributed by atoms with Crippen molar-refractivity contribution in [3.05, 3.63) is 0 Å². The van der Waals surface area contributed by atoms with Crippen LogP contribution in [0.15, 0.2) is 0 Å². The summed E-state index contributed by atoms with van der Waals surface area (Å²) < 4.78 is 33.0. The second-order valence-electron chi connectivity index (χ2n) is 8.59. The van der Waals surface area contributed by atoms with Crippen LogP contribution in [0.3, 0.4) is 0 Å². The Kier molecular flexibility index (Phi) is 6.76. The van der Waals surface area contributed by atoms with E-state index in [1.165, 1.54) is 6.42 Å². The van der Waals surface area contributed by atoms with Gasteiger partial charge in [-0.15, -0.1) is 0 Å². The Bertz CT molecular complexity index is 538. The molecule has 0 aromatic rings. The van der Waals surface area contributed by atoms with Gasteiger partial charge in [-0.25, -0.2) is 4.79 Å². The normalized spacial score (nSPS) is 26.5. The largest absolute Gasteiger partial charge is 0.444 e. The summed E-state index contributed by atoms with van der Waals surface area (Å²) in [5.74, 6) is 1.30. The smallest absolute Gasteiger partial charge is 0.410 e. The fourth-order valence-corrected chi connectivity index (χ4v) is 4.55. The average Bonchev–Trinajstić information content (AvgIpc) is 2.47. The first-order valence-electron chi connectivity index (χ1n) is 9.38. The van der Waals surface area contributed by atoms with Gasteiger partial charge in [-0.1, -0.05) is 0 Å². The van der Waals surface area contributed by atoms with E-state index in [4.69, 9.17) is 8.92 Å². The molecule has 0 atom stereocenters. The van der Waals surface area contributed by atoms with Crippen molar-refractivity contribution in [2.75, 3.05) is 19.3 Å². The molecular weight excluding hydrogens is 342 g/mol. The van der Waals surface area contributed by atoms with Gasteiger partial charge in [0.15, 0.2) is 0 Å². The van der Waals surface area contributed by atoms with Crippen LogP contribution in [0.1, 0.15) is 65.7 Å². The highest BCUT2D eigenvalue weighted by Crippen LogP contribution is 2.34. The summed E-state index contributed by atoms with van der Waals surface area (Å²) in [5, 5.41) is 0. The first kappa shape index (κ1) is 20.5. The van der Waals surface area contributed by atoms with Crippen molar-refractivity contribution in [2.45, 2.75) is 77.4 Å². The van der Waals surface area contributed by atoms with Crippen LogP contribution in [0.2, 0.25) is 0 Å². The molecule has 1 heterocycles. The summed E-state index contributed by atoms with van der Waals surface area (Å²) in [4.78, 5) is 13.9. The maximum atomic E-state index is 12.1. The van der Waals surface area contributed by atoms with Gasteiger partial charge in [0.25, 0.3) is 10.1 Å². The van der Waals surface area contributed by atoms with Gasteiger partial charge in [0.2, 0.25) is 0 Å². The van der Waals surface area contributed by atoms with Crippen LogP contribution in [0.5, 0.6) is 0 Å². The molecule has 0 spiro atoms. The summed E-state index contributed by atoms with van der Waals surface area (Å²) in [6, 6.07) is 0. The molecule has 0 aromatic carbocycles. The van der Waals surface area contributed by atoms with Gasteiger partial charge in [0.1, 0.15) is 5.60 Å². The molecule has 0 bridgehead atoms. The minimum Gasteiger partial charge on any atom is -0.444 e. The Labute approximate surface area is 152 Å². The molecule has 1 saturated heterocycles. The van der Waals surface area contributed by atoms with Gasteiger partial charge in [-0.3, -0.25) is 4.18 Å². The molecule has 2 fully saturated rings. The molecule has 146 valence electrons. The summed E-state index contributed by atoms with van der Waals surface area (Å²) in [7, 11) is -3.35. The Morgan fingerprint density at radius 2 is 1.52 bits per heavy atom. The van der Waals surface area contributed by atoms with Gasteiger partial charge >= 0.3 is 6.09 Å². The van der Waals surface area contributed by atoms with Gasteiger partial charge in [-0.05, 0) is 77.6 Å². The molecule has 0 aromatic heterocycles. The summed E-state index contributed by atoms with van der Waals surface area (Å²) in [5.41, 5.74) is -0.444. The molecule has 1 aliphatic carbocycles. The Morgan fingerprint density at radius 1 is 1.00 bits per heavy atom. The zero-order valence-corrected chi connectivity index (χ0v) is 16.8. The van der Waals surface area contributed by atoms with Crippen LogP contribution in [0, 0.1) is 11.8 Å². The Hall–Kier alpha value is -0.820. The highest BCUT2D eigenvalue weighted by molar-refractivity contribution is 7.86. The van der Waals surface area contributed by atoms with Crippen LogP contribution in [-0.4, -0.2) is 50.5 Å². The number of hydrogen-bond donors (Lipinski definition) is 0. The third-order valence-electron chi connectivity index (χ3n) is 5.04. The number of rotatable bonds is 4. The van der Waals surface area contributed by atoms with E-state index >= 15 is 0 Å². The quantitative estimate of drug-likeness (QED) is 0.703. The van der Waals surface area contributed by atoms with Gasteiger partial charge in [0, 0.05) is 13.1 Å². The topological polar surface area (TPSA) is 72.9 Å². The minimum absolute atomic E-state index is 0.139.